The maximum atomic E-state index is 13.7. The van der Waals surface area contributed by atoms with E-state index in [-0.39, 0.29) is 28.8 Å². The van der Waals surface area contributed by atoms with Gasteiger partial charge < -0.3 is 4.74 Å². The second kappa shape index (κ2) is 8.93. The molecule has 0 aromatic heterocycles. The Morgan fingerprint density at radius 1 is 1.13 bits per heavy atom. The molecule has 162 valence electrons. The Balaban J connectivity index is 2.26. The molecule has 30 heavy (non-hydrogen) atoms. The van der Waals surface area contributed by atoms with E-state index in [1.165, 1.54) is 6.92 Å². The van der Waals surface area contributed by atoms with E-state index in [1.54, 1.807) is 12.1 Å². The Labute approximate surface area is 180 Å². The smallest absolute Gasteiger partial charge is 0.308 e. The molecule has 5 heteroatoms. The molecule has 2 aromatic carbocycles. The first-order chi connectivity index (χ1) is 14.2. The van der Waals surface area contributed by atoms with Crippen LogP contribution < -0.4 is 4.74 Å². The lowest BCUT2D eigenvalue weighted by Crippen LogP contribution is -2.37. The zero-order valence-electron chi connectivity index (χ0n) is 18.4. The van der Waals surface area contributed by atoms with Gasteiger partial charge in [-0.05, 0) is 47.4 Å². The van der Waals surface area contributed by atoms with E-state index in [0.717, 1.165) is 36.8 Å². The number of carbonyl (C=O) groups is 1. The number of unbranched alkanes of at least 4 members (excludes halogenated alkanes) is 1. The molecule has 1 aliphatic heterocycles. The Kier molecular flexibility index (Phi) is 6.71. The third kappa shape index (κ3) is 4.31. The summed E-state index contributed by atoms with van der Waals surface area (Å²) in [6, 6.07) is 15.3. The molecule has 3 rings (SSSR count). The van der Waals surface area contributed by atoms with Gasteiger partial charge in [0.25, 0.3) is 0 Å². The molecule has 1 heterocycles. The molecule has 2 aromatic rings. The van der Waals surface area contributed by atoms with E-state index < -0.39 is 15.8 Å². The molecule has 0 fully saturated rings. The molecule has 0 bridgehead atoms. The first kappa shape index (κ1) is 22.5. The summed E-state index contributed by atoms with van der Waals surface area (Å²) in [6.07, 6.45) is 3.73. The summed E-state index contributed by atoms with van der Waals surface area (Å²) in [5, 5.41) is 0. The van der Waals surface area contributed by atoms with Crippen LogP contribution in [0.25, 0.3) is 0 Å². The number of sulfone groups is 1. The zero-order valence-corrected chi connectivity index (χ0v) is 19.2. The Bertz CT molecular complexity index is 997. The van der Waals surface area contributed by atoms with Gasteiger partial charge in [-0.2, -0.15) is 0 Å². The fourth-order valence-corrected chi connectivity index (χ4v) is 7.41. The van der Waals surface area contributed by atoms with Gasteiger partial charge in [-0.1, -0.05) is 70.0 Å². The van der Waals surface area contributed by atoms with Crippen molar-refractivity contribution in [3.63, 3.8) is 0 Å². The molecule has 0 amide bonds. The number of ether oxygens (including phenoxy) is 1. The van der Waals surface area contributed by atoms with Crippen LogP contribution >= 0.6 is 0 Å². The number of rotatable bonds is 6. The third-order valence-electron chi connectivity index (χ3n) is 6.75. The lowest BCUT2D eigenvalue weighted by atomic mass is 9.64. The molecule has 3 unspecified atom stereocenters. The van der Waals surface area contributed by atoms with Gasteiger partial charge in [-0.25, -0.2) is 8.42 Å². The Morgan fingerprint density at radius 2 is 1.83 bits per heavy atom. The van der Waals surface area contributed by atoms with Crippen molar-refractivity contribution in [3.05, 3.63) is 59.7 Å². The summed E-state index contributed by atoms with van der Waals surface area (Å²) >= 11 is 0. The molecular weight excluding hydrogens is 396 g/mol. The average molecular weight is 429 g/mol. The Hall–Kier alpha value is -2.14. The Morgan fingerprint density at radius 3 is 2.43 bits per heavy atom. The van der Waals surface area contributed by atoms with Gasteiger partial charge in [0.05, 0.1) is 10.6 Å². The zero-order chi connectivity index (χ0) is 21.9. The normalized spacial score (nSPS) is 25.2. The number of hydrogen-bond acceptors (Lipinski definition) is 4. The maximum absolute atomic E-state index is 13.7. The van der Waals surface area contributed by atoms with Crippen LogP contribution in [0.15, 0.2) is 53.4 Å². The van der Waals surface area contributed by atoms with Crippen molar-refractivity contribution >= 4 is 15.8 Å². The SMILES string of the molecule is CCCCC1(CC)CS(=O)(=O)c2cc(OC(C)=O)ccc2C(c2ccccc2)C1C. The highest BCUT2D eigenvalue weighted by Crippen LogP contribution is 2.52. The van der Waals surface area contributed by atoms with Crippen LogP contribution in [-0.4, -0.2) is 20.1 Å². The molecule has 0 radical (unpaired) electrons. The highest BCUT2D eigenvalue weighted by molar-refractivity contribution is 7.91. The van der Waals surface area contributed by atoms with Crippen molar-refractivity contribution in [1.29, 1.82) is 0 Å². The topological polar surface area (TPSA) is 60.4 Å². The van der Waals surface area contributed by atoms with E-state index in [1.807, 2.05) is 24.3 Å². The molecule has 4 nitrogen and oxygen atoms in total. The predicted molar refractivity (Wildman–Crippen MR) is 120 cm³/mol. The fourth-order valence-electron chi connectivity index (χ4n) is 5.04. The molecule has 0 saturated heterocycles. The minimum atomic E-state index is -3.55. The summed E-state index contributed by atoms with van der Waals surface area (Å²) in [5.41, 5.74) is 1.62. The van der Waals surface area contributed by atoms with Crippen LogP contribution in [0.2, 0.25) is 0 Å². The molecule has 0 aliphatic carbocycles. The van der Waals surface area contributed by atoms with Gasteiger partial charge in [-0.3, -0.25) is 4.79 Å². The van der Waals surface area contributed by atoms with Gasteiger partial charge in [-0.15, -0.1) is 0 Å². The minimum absolute atomic E-state index is 0.0401. The van der Waals surface area contributed by atoms with Crippen molar-refractivity contribution in [2.24, 2.45) is 11.3 Å². The number of carbonyl (C=O) groups excluding carboxylic acids is 1. The highest BCUT2D eigenvalue weighted by atomic mass is 32.2. The molecule has 0 N–H and O–H groups in total. The van der Waals surface area contributed by atoms with Crippen LogP contribution in [0.5, 0.6) is 5.75 Å². The van der Waals surface area contributed by atoms with Crippen LogP contribution in [-0.2, 0) is 14.6 Å². The third-order valence-corrected chi connectivity index (χ3v) is 8.73. The van der Waals surface area contributed by atoms with E-state index in [4.69, 9.17) is 4.74 Å². The second-order valence-corrected chi connectivity index (χ2v) is 10.5. The van der Waals surface area contributed by atoms with Crippen molar-refractivity contribution in [2.45, 2.75) is 64.2 Å². The van der Waals surface area contributed by atoms with E-state index in [9.17, 15) is 13.2 Å². The number of benzene rings is 2. The first-order valence-electron chi connectivity index (χ1n) is 10.8. The van der Waals surface area contributed by atoms with Gasteiger partial charge in [0, 0.05) is 12.8 Å². The van der Waals surface area contributed by atoms with Crippen molar-refractivity contribution < 1.29 is 17.9 Å². The number of fused-ring (bicyclic) bond motifs is 1. The largest absolute Gasteiger partial charge is 0.427 e. The average Bonchev–Trinajstić information content (AvgIpc) is 2.78. The number of hydrogen-bond donors (Lipinski definition) is 0. The standard InChI is InChI=1S/C25H32O4S/c1-5-7-15-25(6-2)17-30(27,28)23-16-21(29-19(4)26)13-14-22(23)24(18(25)3)20-11-9-8-10-12-20/h8-14,16,18,24H,5-7,15,17H2,1-4H3. The molecule has 3 atom stereocenters. The molecule has 0 spiro atoms. The maximum Gasteiger partial charge on any atom is 0.308 e. The quantitative estimate of drug-likeness (QED) is 0.434. The monoisotopic (exact) mass is 428 g/mol. The van der Waals surface area contributed by atoms with Crippen LogP contribution in [0, 0.1) is 11.3 Å². The minimum Gasteiger partial charge on any atom is -0.427 e. The summed E-state index contributed by atoms with van der Waals surface area (Å²) < 4.78 is 32.5. The summed E-state index contributed by atoms with van der Waals surface area (Å²) in [5.74, 6) is 0.0488. The van der Waals surface area contributed by atoms with E-state index in [2.05, 4.69) is 32.9 Å². The molecular formula is C25H32O4S. The van der Waals surface area contributed by atoms with Crippen molar-refractivity contribution in [3.8, 4) is 5.75 Å². The predicted octanol–water partition coefficient (Wildman–Crippen LogP) is 5.75. The summed E-state index contributed by atoms with van der Waals surface area (Å²) in [7, 11) is -3.55. The fraction of sp³-hybridized carbons (Fsp3) is 0.480. The summed E-state index contributed by atoms with van der Waals surface area (Å²) in [6.45, 7) is 7.79. The van der Waals surface area contributed by atoms with Crippen LogP contribution in [0.3, 0.4) is 0 Å². The molecule has 0 saturated carbocycles. The van der Waals surface area contributed by atoms with Gasteiger partial charge in [0.1, 0.15) is 5.75 Å². The highest BCUT2D eigenvalue weighted by Gasteiger charge is 2.47. The van der Waals surface area contributed by atoms with E-state index in [0.29, 0.717) is 4.90 Å². The van der Waals surface area contributed by atoms with Crippen molar-refractivity contribution in [2.75, 3.05) is 5.75 Å². The van der Waals surface area contributed by atoms with Gasteiger partial charge in [0.2, 0.25) is 0 Å². The lowest BCUT2D eigenvalue weighted by Gasteiger charge is -2.41. The summed E-state index contributed by atoms with van der Waals surface area (Å²) in [4.78, 5) is 11.7. The van der Waals surface area contributed by atoms with Gasteiger partial charge in [0.15, 0.2) is 9.84 Å². The lowest BCUT2D eigenvalue weighted by molar-refractivity contribution is -0.131. The van der Waals surface area contributed by atoms with E-state index >= 15 is 0 Å². The van der Waals surface area contributed by atoms with Crippen LogP contribution in [0.4, 0.5) is 0 Å². The van der Waals surface area contributed by atoms with Crippen molar-refractivity contribution in [1.82, 2.24) is 0 Å². The number of esters is 1. The first-order valence-corrected chi connectivity index (χ1v) is 12.5. The van der Waals surface area contributed by atoms with Gasteiger partial charge >= 0.3 is 5.97 Å². The second-order valence-electron chi connectivity index (χ2n) is 8.55. The van der Waals surface area contributed by atoms with Crippen LogP contribution in [0.1, 0.15) is 70.4 Å². The molecule has 1 aliphatic rings.